The maximum absolute atomic E-state index is 12.0. The van der Waals surface area contributed by atoms with Gasteiger partial charge in [-0.2, -0.15) is 0 Å². The number of carboxylic acids is 1. The van der Waals surface area contributed by atoms with Crippen molar-refractivity contribution in [3.05, 3.63) is 35.9 Å². The fourth-order valence-corrected chi connectivity index (χ4v) is 2.68. The first kappa shape index (κ1) is 14.5. The number of benzene rings is 1. The summed E-state index contributed by atoms with van der Waals surface area (Å²) in [6.45, 7) is 0. The van der Waals surface area contributed by atoms with Crippen LogP contribution in [0.4, 0.5) is 0 Å². The average molecular weight is 276 g/mol. The average Bonchev–Trinajstić information content (AvgIpc) is 2.88. The summed E-state index contributed by atoms with van der Waals surface area (Å²) >= 11 is 0. The topological polar surface area (TPSA) is 92.4 Å². The van der Waals surface area contributed by atoms with Crippen molar-refractivity contribution in [3.8, 4) is 0 Å². The Morgan fingerprint density at radius 2 is 2.00 bits per heavy atom. The lowest BCUT2D eigenvalue weighted by Gasteiger charge is -2.20. The van der Waals surface area contributed by atoms with Gasteiger partial charge in [-0.1, -0.05) is 36.8 Å². The van der Waals surface area contributed by atoms with Crippen LogP contribution >= 0.6 is 0 Å². The highest BCUT2D eigenvalue weighted by atomic mass is 16.4. The predicted molar refractivity (Wildman–Crippen MR) is 75.0 cm³/mol. The molecule has 1 aromatic rings. The van der Waals surface area contributed by atoms with E-state index >= 15 is 0 Å². The van der Waals surface area contributed by atoms with Gasteiger partial charge in [0.25, 0.3) is 0 Å². The van der Waals surface area contributed by atoms with Crippen molar-refractivity contribution >= 4 is 11.9 Å². The molecule has 0 radical (unpaired) electrons. The second kappa shape index (κ2) is 6.52. The summed E-state index contributed by atoms with van der Waals surface area (Å²) in [5.41, 5.74) is 6.89. The molecule has 5 heteroatoms. The second-order valence-corrected chi connectivity index (χ2v) is 5.29. The third-order valence-electron chi connectivity index (χ3n) is 3.80. The van der Waals surface area contributed by atoms with Crippen molar-refractivity contribution in [1.82, 2.24) is 5.32 Å². The highest BCUT2D eigenvalue weighted by molar-refractivity contribution is 5.83. The summed E-state index contributed by atoms with van der Waals surface area (Å²) < 4.78 is 0. The number of nitrogens with one attached hydrogen (secondary N) is 1. The molecule has 1 saturated carbocycles. The fourth-order valence-electron chi connectivity index (χ4n) is 2.68. The Bertz CT molecular complexity index is 475. The molecule has 1 amide bonds. The van der Waals surface area contributed by atoms with Crippen molar-refractivity contribution in [3.63, 3.8) is 0 Å². The third-order valence-corrected chi connectivity index (χ3v) is 3.80. The summed E-state index contributed by atoms with van der Waals surface area (Å²) in [6, 6.07) is 8.61. The van der Waals surface area contributed by atoms with Crippen LogP contribution in [-0.2, 0) is 16.0 Å². The van der Waals surface area contributed by atoms with Gasteiger partial charge in [-0.05, 0) is 24.8 Å². The van der Waals surface area contributed by atoms with Gasteiger partial charge >= 0.3 is 5.97 Å². The van der Waals surface area contributed by atoms with E-state index in [0.29, 0.717) is 19.3 Å². The normalized spacial score (nSPS) is 23.2. The van der Waals surface area contributed by atoms with Crippen LogP contribution in [0.1, 0.15) is 24.8 Å². The SMILES string of the molecule is N[C@@H](Cc1ccccc1)C(=O)N[C@@H]1CCC[C@@H]1C(=O)O. The van der Waals surface area contributed by atoms with Crippen molar-refractivity contribution in [1.29, 1.82) is 0 Å². The van der Waals surface area contributed by atoms with Crippen LogP contribution in [0.5, 0.6) is 0 Å². The molecule has 20 heavy (non-hydrogen) atoms. The number of rotatable bonds is 5. The van der Waals surface area contributed by atoms with Crippen molar-refractivity contribution in [2.45, 2.75) is 37.8 Å². The van der Waals surface area contributed by atoms with E-state index in [1.165, 1.54) is 0 Å². The Morgan fingerprint density at radius 1 is 1.30 bits per heavy atom. The number of hydrogen-bond acceptors (Lipinski definition) is 3. The summed E-state index contributed by atoms with van der Waals surface area (Å²) in [4.78, 5) is 23.1. The Labute approximate surface area is 118 Å². The largest absolute Gasteiger partial charge is 0.481 e. The number of carbonyl (C=O) groups excluding carboxylic acids is 1. The van der Waals surface area contributed by atoms with E-state index in [4.69, 9.17) is 10.8 Å². The third kappa shape index (κ3) is 3.57. The van der Waals surface area contributed by atoms with Gasteiger partial charge in [-0.3, -0.25) is 9.59 Å². The van der Waals surface area contributed by atoms with Crippen molar-refractivity contribution in [2.75, 3.05) is 0 Å². The summed E-state index contributed by atoms with van der Waals surface area (Å²) in [7, 11) is 0. The Hall–Kier alpha value is -1.88. The Morgan fingerprint density at radius 3 is 2.65 bits per heavy atom. The van der Waals surface area contributed by atoms with E-state index < -0.39 is 17.9 Å². The van der Waals surface area contributed by atoms with E-state index in [1.807, 2.05) is 30.3 Å². The van der Waals surface area contributed by atoms with E-state index in [2.05, 4.69) is 5.32 Å². The first-order valence-corrected chi connectivity index (χ1v) is 6.90. The predicted octanol–water partition coefficient (Wildman–Crippen LogP) is 0.926. The zero-order valence-corrected chi connectivity index (χ0v) is 11.3. The quantitative estimate of drug-likeness (QED) is 0.746. The van der Waals surface area contributed by atoms with Crippen LogP contribution in [0, 0.1) is 5.92 Å². The van der Waals surface area contributed by atoms with Gasteiger partial charge in [0.1, 0.15) is 0 Å². The molecule has 0 bridgehead atoms. The fraction of sp³-hybridized carbons (Fsp3) is 0.467. The van der Waals surface area contributed by atoms with Gasteiger partial charge in [-0.15, -0.1) is 0 Å². The maximum atomic E-state index is 12.0. The smallest absolute Gasteiger partial charge is 0.308 e. The van der Waals surface area contributed by atoms with Gasteiger partial charge in [-0.25, -0.2) is 0 Å². The number of aliphatic carboxylic acids is 1. The standard InChI is InChI=1S/C15H20N2O3/c16-12(9-10-5-2-1-3-6-10)14(18)17-13-8-4-7-11(13)15(19)20/h1-3,5-6,11-13H,4,7-9,16H2,(H,17,18)(H,19,20)/t11-,12-,13+/m0/s1. The first-order chi connectivity index (χ1) is 9.58. The van der Waals surface area contributed by atoms with Crippen molar-refractivity contribution < 1.29 is 14.7 Å². The molecule has 0 spiro atoms. The zero-order chi connectivity index (χ0) is 14.5. The van der Waals surface area contributed by atoms with Gasteiger partial charge in [0.15, 0.2) is 0 Å². The van der Waals surface area contributed by atoms with E-state index in [-0.39, 0.29) is 11.9 Å². The molecule has 1 aliphatic carbocycles. The minimum atomic E-state index is -0.843. The molecule has 0 aromatic heterocycles. The second-order valence-electron chi connectivity index (χ2n) is 5.29. The monoisotopic (exact) mass is 276 g/mol. The molecule has 0 heterocycles. The molecular formula is C15H20N2O3. The van der Waals surface area contributed by atoms with Crippen LogP contribution in [0.15, 0.2) is 30.3 Å². The lowest BCUT2D eigenvalue weighted by atomic mass is 10.0. The highest BCUT2D eigenvalue weighted by Crippen LogP contribution is 2.25. The highest BCUT2D eigenvalue weighted by Gasteiger charge is 2.34. The van der Waals surface area contributed by atoms with E-state index in [9.17, 15) is 9.59 Å². The minimum Gasteiger partial charge on any atom is -0.481 e. The Kier molecular flexibility index (Phi) is 4.74. The van der Waals surface area contributed by atoms with Gasteiger partial charge < -0.3 is 16.2 Å². The molecule has 1 fully saturated rings. The molecule has 0 unspecified atom stereocenters. The zero-order valence-electron chi connectivity index (χ0n) is 11.3. The number of amides is 1. The number of carboxylic acid groups (broad SMARTS) is 1. The number of carbonyl (C=O) groups is 2. The van der Waals surface area contributed by atoms with Crippen LogP contribution in [0.3, 0.4) is 0 Å². The summed E-state index contributed by atoms with van der Waals surface area (Å²) in [5, 5.41) is 11.9. The lowest BCUT2D eigenvalue weighted by Crippen LogP contribution is -2.48. The molecular weight excluding hydrogens is 256 g/mol. The van der Waals surface area contributed by atoms with Crippen LogP contribution in [0.25, 0.3) is 0 Å². The molecule has 5 nitrogen and oxygen atoms in total. The molecule has 4 N–H and O–H groups in total. The maximum Gasteiger partial charge on any atom is 0.308 e. The van der Waals surface area contributed by atoms with Gasteiger partial charge in [0.2, 0.25) is 5.91 Å². The lowest BCUT2D eigenvalue weighted by molar-refractivity contribution is -0.142. The van der Waals surface area contributed by atoms with Gasteiger partial charge in [0.05, 0.1) is 12.0 Å². The first-order valence-electron chi connectivity index (χ1n) is 6.90. The van der Waals surface area contributed by atoms with Crippen LogP contribution in [-0.4, -0.2) is 29.1 Å². The molecule has 108 valence electrons. The molecule has 3 atom stereocenters. The van der Waals surface area contributed by atoms with Crippen molar-refractivity contribution in [2.24, 2.45) is 11.7 Å². The molecule has 0 saturated heterocycles. The number of hydrogen-bond donors (Lipinski definition) is 3. The van der Waals surface area contributed by atoms with E-state index in [0.717, 1.165) is 12.0 Å². The van der Waals surface area contributed by atoms with Gasteiger partial charge in [0, 0.05) is 6.04 Å². The molecule has 2 rings (SSSR count). The number of nitrogens with two attached hydrogens (primary N) is 1. The summed E-state index contributed by atoms with van der Waals surface area (Å²) in [5.74, 6) is -1.60. The van der Waals surface area contributed by atoms with Crippen LogP contribution < -0.4 is 11.1 Å². The summed E-state index contributed by atoms with van der Waals surface area (Å²) in [6.07, 6.45) is 2.61. The molecule has 0 aliphatic heterocycles. The van der Waals surface area contributed by atoms with Crippen LogP contribution in [0.2, 0.25) is 0 Å². The minimum absolute atomic E-state index is 0.271. The molecule has 1 aromatic carbocycles. The molecule has 1 aliphatic rings. The van der Waals surface area contributed by atoms with E-state index in [1.54, 1.807) is 0 Å². The Balaban J connectivity index is 1.89.